The Bertz CT molecular complexity index is 1480. The number of amides is 2. The molecule has 0 aliphatic carbocycles. The van der Waals surface area contributed by atoms with Gasteiger partial charge in [-0.2, -0.15) is 4.31 Å². The van der Waals surface area contributed by atoms with Crippen molar-refractivity contribution in [1.29, 1.82) is 0 Å². The topological polar surface area (TPSA) is 90.0 Å². The summed E-state index contributed by atoms with van der Waals surface area (Å²) in [4.78, 5) is 32.5. The molecule has 1 fully saturated rings. The molecule has 1 aromatic heterocycles. The number of fused-ring (bicyclic) bond motifs is 1. The van der Waals surface area contributed by atoms with E-state index in [4.69, 9.17) is 0 Å². The highest BCUT2D eigenvalue weighted by Crippen LogP contribution is 2.38. The Balaban J connectivity index is 1.38. The van der Waals surface area contributed by atoms with E-state index in [2.05, 4.69) is 22.3 Å². The Labute approximate surface area is 247 Å². The second-order valence-electron chi connectivity index (χ2n) is 10.6. The molecule has 218 valence electrons. The Morgan fingerprint density at radius 3 is 2.27 bits per heavy atom. The molecule has 0 bridgehead atoms. The van der Waals surface area contributed by atoms with E-state index >= 15 is 0 Å². The summed E-state index contributed by atoms with van der Waals surface area (Å²) in [6.07, 6.45) is 3.51. The maximum absolute atomic E-state index is 13.7. The summed E-state index contributed by atoms with van der Waals surface area (Å²) >= 11 is 1.47. The second-order valence-corrected chi connectivity index (χ2v) is 13.6. The molecule has 1 saturated heterocycles. The molecule has 0 spiro atoms. The van der Waals surface area contributed by atoms with E-state index in [0.29, 0.717) is 48.9 Å². The number of benzene rings is 2. The van der Waals surface area contributed by atoms with Gasteiger partial charge in [-0.15, -0.1) is 11.3 Å². The molecule has 0 atom stereocenters. The van der Waals surface area contributed by atoms with Crippen LogP contribution in [-0.4, -0.2) is 67.1 Å². The number of rotatable bonds is 9. The lowest BCUT2D eigenvalue weighted by molar-refractivity contribution is 0.0772. The van der Waals surface area contributed by atoms with Crippen LogP contribution in [0, 0.1) is 0 Å². The van der Waals surface area contributed by atoms with E-state index < -0.39 is 10.0 Å². The van der Waals surface area contributed by atoms with E-state index in [1.165, 1.54) is 33.3 Å². The van der Waals surface area contributed by atoms with Crippen LogP contribution in [0.1, 0.15) is 69.8 Å². The summed E-state index contributed by atoms with van der Waals surface area (Å²) in [5.74, 6) is -0.428. The summed E-state index contributed by atoms with van der Waals surface area (Å²) in [5.41, 5.74) is 3.20. The predicted molar refractivity (Wildman–Crippen MR) is 163 cm³/mol. The standard InChI is InChI=1S/C31H38N4O4S2/c1-3-34(4-2)31(37)28-26-17-20-33(21-23-11-7-5-8-12-23)22-27(26)40-30(28)32-29(36)24-13-15-25(16-14-24)41(38,39)35-18-9-6-10-19-35/h5,7-8,11-16H,3-4,6,9-10,17-22H2,1-2H3,(H,32,36). The number of nitrogens with one attached hydrogen (secondary N) is 1. The van der Waals surface area contributed by atoms with Gasteiger partial charge in [-0.3, -0.25) is 14.5 Å². The zero-order valence-corrected chi connectivity index (χ0v) is 25.4. The normalized spacial score (nSPS) is 16.2. The third-order valence-electron chi connectivity index (χ3n) is 7.95. The number of sulfonamides is 1. The largest absolute Gasteiger partial charge is 0.339 e. The Kier molecular flexibility index (Phi) is 9.23. The fourth-order valence-electron chi connectivity index (χ4n) is 5.62. The molecule has 1 N–H and O–H groups in total. The minimum absolute atomic E-state index is 0.0673. The molecular weight excluding hydrogens is 556 g/mol. The van der Waals surface area contributed by atoms with Crippen molar-refractivity contribution in [2.75, 3.05) is 38.0 Å². The quantitative estimate of drug-likeness (QED) is 0.367. The van der Waals surface area contributed by atoms with Gasteiger partial charge in [-0.25, -0.2) is 8.42 Å². The second kappa shape index (κ2) is 12.9. The molecule has 2 aromatic carbocycles. The van der Waals surface area contributed by atoms with E-state index in [9.17, 15) is 18.0 Å². The Morgan fingerprint density at radius 2 is 1.61 bits per heavy atom. The molecule has 8 nitrogen and oxygen atoms in total. The van der Waals surface area contributed by atoms with Crippen molar-refractivity contribution in [2.45, 2.75) is 57.5 Å². The third-order valence-corrected chi connectivity index (χ3v) is 11.0. The van der Waals surface area contributed by atoms with Gasteiger partial charge in [-0.05, 0) is 68.5 Å². The maximum Gasteiger partial charge on any atom is 0.257 e. The van der Waals surface area contributed by atoms with Gasteiger partial charge in [0.15, 0.2) is 0 Å². The van der Waals surface area contributed by atoms with E-state index in [1.807, 2.05) is 32.0 Å². The van der Waals surface area contributed by atoms with Crippen molar-refractivity contribution in [3.8, 4) is 0 Å². The number of piperidine rings is 1. The molecule has 0 saturated carbocycles. The Hall–Kier alpha value is -3.05. The van der Waals surface area contributed by atoms with E-state index in [1.54, 1.807) is 17.0 Å². The minimum Gasteiger partial charge on any atom is -0.339 e. The van der Waals surface area contributed by atoms with E-state index in [-0.39, 0.29) is 16.7 Å². The SMILES string of the molecule is CCN(CC)C(=O)c1c(NC(=O)c2ccc(S(=O)(=O)N3CCCCC3)cc2)sc2c1CCN(Cc1ccccc1)C2. The van der Waals surface area contributed by atoms with Crippen LogP contribution in [0.3, 0.4) is 0 Å². The smallest absolute Gasteiger partial charge is 0.257 e. The highest BCUT2D eigenvalue weighted by Gasteiger charge is 2.31. The third kappa shape index (κ3) is 6.40. The van der Waals surface area contributed by atoms with Gasteiger partial charge in [0.1, 0.15) is 5.00 Å². The van der Waals surface area contributed by atoms with Crippen molar-refractivity contribution < 1.29 is 18.0 Å². The van der Waals surface area contributed by atoms with Crippen LogP contribution in [0.5, 0.6) is 0 Å². The number of nitrogens with zero attached hydrogens (tertiary/aromatic N) is 3. The number of hydrogen-bond acceptors (Lipinski definition) is 6. The molecule has 2 aliphatic heterocycles. The van der Waals surface area contributed by atoms with Gasteiger partial charge in [0.2, 0.25) is 10.0 Å². The molecule has 10 heteroatoms. The summed E-state index contributed by atoms with van der Waals surface area (Å²) in [7, 11) is -3.58. The lowest BCUT2D eigenvalue weighted by atomic mass is 10.0. The van der Waals surface area contributed by atoms with E-state index in [0.717, 1.165) is 49.2 Å². The van der Waals surface area contributed by atoms with Crippen molar-refractivity contribution >= 4 is 38.2 Å². The zero-order valence-electron chi connectivity index (χ0n) is 23.8. The van der Waals surface area contributed by atoms with Gasteiger partial charge in [0.05, 0.1) is 10.5 Å². The summed E-state index contributed by atoms with van der Waals surface area (Å²) in [6.45, 7) is 8.51. The summed E-state index contributed by atoms with van der Waals surface area (Å²) < 4.78 is 27.6. The van der Waals surface area contributed by atoms with Gasteiger partial charge < -0.3 is 10.2 Å². The lowest BCUT2D eigenvalue weighted by Crippen LogP contribution is -2.35. The van der Waals surface area contributed by atoms with Crippen LogP contribution in [0.4, 0.5) is 5.00 Å². The average molecular weight is 595 g/mol. The van der Waals surface area contributed by atoms with Crippen LogP contribution < -0.4 is 5.32 Å². The number of carbonyl (C=O) groups is 2. The number of carbonyl (C=O) groups excluding carboxylic acids is 2. The lowest BCUT2D eigenvalue weighted by Gasteiger charge is -2.28. The summed E-state index contributed by atoms with van der Waals surface area (Å²) in [5, 5.41) is 3.57. The molecule has 3 heterocycles. The first kappa shape index (κ1) is 29.4. The molecule has 2 amide bonds. The van der Waals surface area contributed by atoms with Crippen molar-refractivity contribution in [1.82, 2.24) is 14.1 Å². The highest BCUT2D eigenvalue weighted by atomic mass is 32.2. The van der Waals surface area contributed by atoms with Gasteiger partial charge in [0, 0.05) is 56.3 Å². The minimum atomic E-state index is -3.58. The first-order valence-corrected chi connectivity index (χ1v) is 16.7. The van der Waals surface area contributed by atoms with Crippen molar-refractivity contribution in [3.63, 3.8) is 0 Å². The van der Waals surface area contributed by atoms with Crippen LogP contribution in [-0.2, 0) is 29.5 Å². The van der Waals surface area contributed by atoms with Crippen LogP contribution in [0.2, 0.25) is 0 Å². The van der Waals surface area contributed by atoms with Gasteiger partial charge >= 0.3 is 0 Å². The Morgan fingerprint density at radius 1 is 0.927 bits per heavy atom. The average Bonchev–Trinajstić information content (AvgIpc) is 3.35. The fourth-order valence-corrected chi connectivity index (χ4v) is 8.42. The molecule has 41 heavy (non-hydrogen) atoms. The molecular formula is C31H38N4O4S2. The maximum atomic E-state index is 13.7. The summed E-state index contributed by atoms with van der Waals surface area (Å²) in [6, 6.07) is 16.4. The molecule has 0 unspecified atom stereocenters. The van der Waals surface area contributed by atoms with Crippen LogP contribution in [0.15, 0.2) is 59.5 Å². The fraction of sp³-hybridized carbons (Fsp3) is 0.419. The van der Waals surface area contributed by atoms with Gasteiger partial charge in [0.25, 0.3) is 11.8 Å². The highest BCUT2D eigenvalue weighted by molar-refractivity contribution is 7.89. The first-order valence-electron chi connectivity index (χ1n) is 14.4. The number of anilines is 1. The monoisotopic (exact) mass is 594 g/mol. The molecule has 2 aliphatic rings. The molecule has 3 aromatic rings. The van der Waals surface area contributed by atoms with Crippen molar-refractivity contribution in [3.05, 3.63) is 81.7 Å². The predicted octanol–water partition coefficient (Wildman–Crippen LogP) is 5.22. The van der Waals surface area contributed by atoms with Gasteiger partial charge in [-0.1, -0.05) is 36.8 Å². The van der Waals surface area contributed by atoms with Crippen LogP contribution in [0.25, 0.3) is 0 Å². The number of thiophene rings is 1. The first-order chi connectivity index (χ1) is 19.8. The zero-order chi connectivity index (χ0) is 29.0. The van der Waals surface area contributed by atoms with Crippen molar-refractivity contribution in [2.24, 2.45) is 0 Å². The molecule has 5 rings (SSSR count). The van der Waals surface area contributed by atoms with Crippen LogP contribution >= 0.6 is 11.3 Å². The molecule has 0 radical (unpaired) electrons. The number of hydrogen-bond donors (Lipinski definition) is 1.